The normalized spacial score (nSPS) is 18.0. The van der Waals surface area contributed by atoms with E-state index in [0.717, 1.165) is 0 Å². The Kier molecular flexibility index (Phi) is 3.24. The zero-order valence-corrected chi connectivity index (χ0v) is 8.24. The molecule has 1 N–H and O–H groups in total. The van der Waals surface area contributed by atoms with Gasteiger partial charge in [0.2, 0.25) is 0 Å². The summed E-state index contributed by atoms with van der Waals surface area (Å²) in [6.45, 7) is 4.24. The van der Waals surface area contributed by atoms with Crippen LogP contribution in [0, 0.1) is 0 Å². The summed E-state index contributed by atoms with van der Waals surface area (Å²) < 4.78 is 5.00. The number of amides is 1. The van der Waals surface area contributed by atoms with Crippen LogP contribution in [0.25, 0.3) is 0 Å². The van der Waals surface area contributed by atoms with Crippen LogP contribution in [0.1, 0.15) is 13.8 Å². The van der Waals surface area contributed by atoms with Crippen molar-refractivity contribution in [1.82, 2.24) is 4.90 Å². The van der Waals surface area contributed by atoms with Crippen LogP contribution >= 0.6 is 0 Å². The van der Waals surface area contributed by atoms with Crippen molar-refractivity contribution in [2.45, 2.75) is 13.8 Å². The molecule has 0 saturated carbocycles. The molecule has 5 nitrogen and oxygen atoms in total. The second-order valence-electron chi connectivity index (χ2n) is 3.16. The number of carboxylic acid groups (broad SMARTS) is 1. The molecule has 78 valence electrons. The van der Waals surface area contributed by atoms with Crippen LogP contribution in [0.2, 0.25) is 0 Å². The summed E-state index contributed by atoms with van der Waals surface area (Å²) in [7, 11) is 0. The highest BCUT2D eigenvalue weighted by Crippen LogP contribution is 2.10. The number of carbonyl (C=O) groups excluding carboxylic acids is 1. The van der Waals surface area contributed by atoms with Crippen molar-refractivity contribution in [2.24, 2.45) is 0 Å². The number of nitrogens with zero attached hydrogens (tertiary/aromatic N) is 1. The molecule has 0 radical (unpaired) electrons. The molecule has 1 rings (SSSR count). The smallest absolute Gasteiger partial charge is 0.331 e. The quantitative estimate of drug-likeness (QED) is 0.646. The highest BCUT2D eigenvalue weighted by Gasteiger charge is 2.22. The number of carboxylic acids is 1. The molecule has 0 aromatic carbocycles. The monoisotopic (exact) mass is 199 g/mol. The predicted molar refractivity (Wildman–Crippen MR) is 48.5 cm³/mol. The number of aliphatic carboxylic acids is 1. The second kappa shape index (κ2) is 4.23. The molecule has 0 bridgehead atoms. The summed E-state index contributed by atoms with van der Waals surface area (Å²) in [5.74, 6) is -1.32. The minimum atomic E-state index is -1.06. The van der Waals surface area contributed by atoms with Crippen molar-refractivity contribution in [3.63, 3.8) is 0 Å². The van der Waals surface area contributed by atoms with E-state index in [1.54, 1.807) is 0 Å². The van der Waals surface area contributed by atoms with Crippen molar-refractivity contribution in [3.05, 3.63) is 11.1 Å². The van der Waals surface area contributed by atoms with Crippen LogP contribution in [-0.4, -0.2) is 41.8 Å². The van der Waals surface area contributed by atoms with Crippen LogP contribution in [-0.2, 0) is 14.3 Å². The lowest BCUT2D eigenvalue weighted by Crippen LogP contribution is -2.29. The Bertz CT molecular complexity index is 289. The summed E-state index contributed by atoms with van der Waals surface area (Å²) in [5.41, 5.74) is 0.352. The van der Waals surface area contributed by atoms with Gasteiger partial charge in [-0.1, -0.05) is 0 Å². The van der Waals surface area contributed by atoms with Crippen molar-refractivity contribution in [3.8, 4) is 0 Å². The fourth-order valence-corrected chi connectivity index (χ4v) is 1.13. The van der Waals surface area contributed by atoms with E-state index in [4.69, 9.17) is 9.84 Å². The SMILES string of the molecule is C/C(C(=O)O)=C(\C)C(=O)N1CCOC1. The summed E-state index contributed by atoms with van der Waals surface area (Å²) >= 11 is 0. The minimum Gasteiger partial charge on any atom is -0.478 e. The number of hydrogen-bond acceptors (Lipinski definition) is 3. The van der Waals surface area contributed by atoms with Gasteiger partial charge in [0.15, 0.2) is 0 Å². The molecule has 0 atom stereocenters. The lowest BCUT2D eigenvalue weighted by molar-refractivity contribution is -0.134. The van der Waals surface area contributed by atoms with Gasteiger partial charge in [-0.05, 0) is 13.8 Å². The Balaban J connectivity index is 2.77. The lowest BCUT2D eigenvalue weighted by Gasteiger charge is -2.14. The number of rotatable bonds is 2. The third-order valence-electron chi connectivity index (χ3n) is 2.24. The second-order valence-corrected chi connectivity index (χ2v) is 3.16. The molecule has 1 amide bonds. The summed E-state index contributed by atoms with van der Waals surface area (Å²) in [6, 6.07) is 0. The van der Waals surface area contributed by atoms with E-state index >= 15 is 0 Å². The summed E-state index contributed by atoms with van der Waals surface area (Å²) in [6.07, 6.45) is 0. The van der Waals surface area contributed by atoms with Gasteiger partial charge in [-0.15, -0.1) is 0 Å². The van der Waals surface area contributed by atoms with Crippen LogP contribution in [0.5, 0.6) is 0 Å². The fraction of sp³-hybridized carbons (Fsp3) is 0.556. The van der Waals surface area contributed by atoms with E-state index in [1.165, 1.54) is 18.7 Å². The zero-order chi connectivity index (χ0) is 10.7. The molecule has 0 aliphatic carbocycles. The molecular formula is C9H13NO4. The first-order valence-electron chi connectivity index (χ1n) is 4.32. The van der Waals surface area contributed by atoms with Crippen molar-refractivity contribution in [1.29, 1.82) is 0 Å². The predicted octanol–water partition coefficient (Wildman–Crippen LogP) is 0.224. The van der Waals surface area contributed by atoms with E-state index in [1.807, 2.05) is 0 Å². The average Bonchev–Trinajstić information content (AvgIpc) is 2.67. The topological polar surface area (TPSA) is 66.8 Å². The maximum absolute atomic E-state index is 11.6. The molecule has 5 heteroatoms. The summed E-state index contributed by atoms with van der Waals surface area (Å²) in [4.78, 5) is 23.7. The Hall–Kier alpha value is -1.36. The molecule has 0 aromatic heterocycles. The van der Waals surface area contributed by atoms with Gasteiger partial charge >= 0.3 is 5.97 Å². The Morgan fingerprint density at radius 2 is 1.93 bits per heavy atom. The van der Waals surface area contributed by atoms with Crippen LogP contribution < -0.4 is 0 Å². The van der Waals surface area contributed by atoms with Gasteiger partial charge in [0.25, 0.3) is 5.91 Å². The number of carbonyl (C=O) groups is 2. The van der Waals surface area contributed by atoms with Crippen LogP contribution in [0.15, 0.2) is 11.1 Å². The van der Waals surface area contributed by atoms with Crippen LogP contribution in [0.4, 0.5) is 0 Å². The van der Waals surface area contributed by atoms with Gasteiger partial charge in [-0.25, -0.2) is 4.79 Å². The standard InChI is InChI=1S/C9H13NO4/c1-6(7(2)9(12)13)8(11)10-3-4-14-5-10/h3-5H2,1-2H3,(H,12,13)/b7-6-. The maximum atomic E-state index is 11.6. The van der Waals surface area contributed by atoms with E-state index in [9.17, 15) is 9.59 Å². The van der Waals surface area contributed by atoms with Gasteiger partial charge < -0.3 is 14.7 Å². The fourth-order valence-electron chi connectivity index (χ4n) is 1.13. The van der Waals surface area contributed by atoms with E-state index in [2.05, 4.69) is 0 Å². The van der Waals surface area contributed by atoms with Gasteiger partial charge in [0.1, 0.15) is 6.73 Å². The van der Waals surface area contributed by atoms with E-state index < -0.39 is 5.97 Å². The third-order valence-corrected chi connectivity index (χ3v) is 2.24. The van der Waals surface area contributed by atoms with Gasteiger partial charge in [0.05, 0.1) is 6.61 Å². The van der Waals surface area contributed by atoms with Gasteiger partial charge in [-0.3, -0.25) is 4.79 Å². The first-order chi connectivity index (χ1) is 6.54. The lowest BCUT2D eigenvalue weighted by atomic mass is 10.1. The molecule has 1 aliphatic rings. The zero-order valence-electron chi connectivity index (χ0n) is 8.24. The maximum Gasteiger partial charge on any atom is 0.331 e. The molecule has 1 fully saturated rings. The molecule has 1 heterocycles. The summed E-state index contributed by atoms with van der Waals surface area (Å²) in [5, 5.41) is 8.68. The Labute approximate surface area is 82.0 Å². The van der Waals surface area contributed by atoms with Crippen molar-refractivity contribution >= 4 is 11.9 Å². The van der Waals surface area contributed by atoms with E-state index in [0.29, 0.717) is 13.2 Å². The van der Waals surface area contributed by atoms with Gasteiger partial charge in [0, 0.05) is 17.7 Å². The van der Waals surface area contributed by atoms with Crippen molar-refractivity contribution in [2.75, 3.05) is 19.9 Å². The number of hydrogen-bond donors (Lipinski definition) is 1. The molecule has 0 aromatic rings. The Morgan fingerprint density at radius 1 is 1.29 bits per heavy atom. The molecule has 14 heavy (non-hydrogen) atoms. The van der Waals surface area contributed by atoms with Crippen LogP contribution in [0.3, 0.4) is 0 Å². The average molecular weight is 199 g/mol. The first-order valence-corrected chi connectivity index (χ1v) is 4.32. The highest BCUT2D eigenvalue weighted by atomic mass is 16.5. The molecular weight excluding hydrogens is 186 g/mol. The van der Waals surface area contributed by atoms with E-state index in [-0.39, 0.29) is 23.8 Å². The molecule has 0 unspecified atom stereocenters. The molecule has 0 spiro atoms. The number of ether oxygens (including phenoxy) is 1. The third kappa shape index (κ3) is 2.11. The molecule has 1 saturated heterocycles. The highest BCUT2D eigenvalue weighted by molar-refractivity contribution is 6.01. The largest absolute Gasteiger partial charge is 0.478 e. The Morgan fingerprint density at radius 3 is 2.36 bits per heavy atom. The van der Waals surface area contributed by atoms with Gasteiger partial charge in [-0.2, -0.15) is 0 Å². The first kappa shape index (κ1) is 10.7. The molecule has 1 aliphatic heterocycles. The van der Waals surface area contributed by atoms with Crippen molar-refractivity contribution < 1.29 is 19.4 Å². The minimum absolute atomic E-state index is 0.0851.